The Labute approximate surface area is 187 Å². The van der Waals surface area contributed by atoms with Gasteiger partial charge in [-0.3, -0.25) is 4.79 Å². The number of sulfonamides is 1. The zero-order valence-corrected chi connectivity index (χ0v) is 19.6. The van der Waals surface area contributed by atoms with Gasteiger partial charge in [-0.1, -0.05) is 24.3 Å². The highest BCUT2D eigenvalue weighted by Crippen LogP contribution is 2.26. The normalized spacial score (nSPS) is 11.4. The van der Waals surface area contributed by atoms with Crippen molar-refractivity contribution in [1.82, 2.24) is 9.62 Å². The summed E-state index contributed by atoms with van der Waals surface area (Å²) in [6, 6.07) is 14.7. The van der Waals surface area contributed by atoms with Crippen LogP contribution in [0, 0.1) is 13.8 Å². The molecule has 0 spiro atoms. The number of rotatable bonds is 8. The summed E-state index contributed by atoms with van der Waals surface area (Å²) < 4.78 is 32.8. The molecule has 1 amide bonds. The number of carbonyl (C=O) groups excluding carboxylic acids is 1. The summed E-state index contributed by atoms with van der Waals surface area (Å²) in [4.78, 5) is 16.4. The first kappa shape index (κ1) is 23.0. The molecule has 6 nitrogen and oxygen atoms in total. The van der Waals surface area contributed by atoms with Gasteiger partial charge >= 0.3 is 0 Å². The third-order valence-corrected chi connectivity index (χ3v) is 7.59. The Morgan fingerprint density at radius 2 is 1.84 bits per heavy atom. The number of para-hydroxylation sites is 1. The molecule has 31 heavy (non-hydrogen) atoms. The van der Waals surface area contributed by atoms with Crippen LogP contribution in [0.2, 0.25) is 0 Å². The SMILES string of the molecule is CNS(=O)(=O)c1cc(C(=O)N(Cc2cccs2)Cc2ccccc2OC)cc(C)c1C. The van der Waals surface area contributed by atoms with Gasteiger partial charge in [-0.25, -0.2) is 13.1 Å². The molecule has 0 radical (unpaired) electrons. The van der Waals surface area contributed by atoms with Gasteiger partial charge in [0, 0.05) is 16.0 Å². The summed E-state index contributed by atoms with van der Waals surface area (Å²) in [6.07, 6.45) is 0. The highest BCUT2D eigenvalue weighted by atomic mass is 32.2. The lowest BCUT2D eigenvalue weighted by atomic mass is 10.0. The van der Waals surface area contributed by atoms with Gasteiger partial charge in [-0.15, -0.1) is 11.3 Å². The maximum Gasteiger partial charge on any atom is 0.254 e. The van der Waals surface area contributed by atoms with Crippen LogP contribution in [0.3, 0.4) is 0 Å². The molecule has 0 aliphatic rings. The number of amides is 1. The second-order valence-corrected chi connectivity index (χ2v) is 10.1. The first-order chi connectivity index (χ1) is 14.8. The Balaban J connectivity index is 2.04. The number of carbonyl (C=O) groups is 1. The van der Waals surface area contributed by atoms with Gasteiger partial charge in [-0.2, -0.15) is 0 Å². The summed E-state index contributed by atoms with van der Waals surface area (Å²) in [5, 5.41) is 1.97. The minimum Gasteiger partial charge on any atom is -0.496 e. The van der Waals surface area contributed by atoms with Crippen molar-refractivity contribution in [3.8, 4) is 5.75 Å². The van der Waals surface area contributed by atoms with E-state index in [4.69, 9.17) is 4.74 Å². The van der Waals surface area contributed by atoms with E-state index in [0.29, 0.717) is 30.0 Å². The van der Waals surface area contributed by atoms with Crippen LogP contribution in [0.25, 0.3) is 0 Å². The molecule has 0 atom stereocenters. The minimum absolute atomic E-state index is 0.117. The van der Waals surface area contributed by atoms with Crippen molar-refractivity contribution in [1.29, 1.82) is 0 Å². The summed E-state index contributed by atoms with van der Waals surface area (Å²) in [7, 11) is -0.727. The lowest BCUT2D eigenvalue weighted by Crippen LogP contribution is -2.30. The van der Waals surface area contributed by atoms with Crippen molar-refractivity contribution in [2.24, 2.45) is 0 Å². The second kappa shape index (κ2) is 9.64. The monoisotopic (exact) mass is 458 g/mol. The molecule has 164 valence electrons. The van der Waals surface area contributed by atoms with Crippen molar-refractivity contribution in [2.75, 3.05) is 14.2 Å². The zero-order valence-electron chi connectivity index (χ0n) is 18.0. The van der Waals surface area contributed by atoms with Crippen LogP contribution in [-0.2, 0) is 23.1 Å². The first-order valence-corrected chi connectivity index (χ1v) is 12.1. The molecule has 0 aliphatic carbocycles. The Morgan fingerprint density at radius 3 is 2.48 bits per heavy atom. The second-order valence-electron chi connectivity index (χ2n) is 7.18. The molecule has 1 N–H and O–H groups in total. The molecule has 0 fully saturated rings. The van der Waals surface area contributed by atoms with Crippen LogP contribution in [-0.4, -0.2) is 33.4 Å². The van der Waals surface area contributed by atoms with Crippen LogP contribution >= 0.6 is 11.3 Å². The summed E-state index contributed by atoms with van der Waals surface area (Å²) in [6.45, 7) is 4.30. The first-order valence-electron chi connectivity index (χ1n) is 9.75. The molecule has 1 heterocycles. The van der Waals surface area contributed by atoms with E-state index in [1.54, 1.807) is 36.3 Å². The molecular formula is C23H26N2O4S2. The number of hydrogen-bond donors (Lipinski definition) is 1. The average molecular weight is 459 g/mol. The van der Waals surface area contributed by atoms with E-state index >= 15 is 0 Å². The van der Waals surface area contributed by atoms with Crippen LogP contribution in [0.5, 0.6) is 5.75 Å². The highest BCUT2D eigenvalue weighted by molar-refractivity contribution is 7.89. The average Bonchev–Trinajstić information content (AvgIpc) is 3.28. The van der Waals surface area contributed by atoms with Gasteiger partial charge in [-0.05, 0) is 61.7 Å². The molecular weight excluding hydrogens is 432 g/mol. The van der Waals surface area contributed by atoms with Gasteiger partial charge in [0.15, 0.2) is 0 Å². The van der Waals surface area contributed by atoms with E-state index in [1.807, 2.05) is 48.7 Å². The van der Waals surface area contributed by atoms with Crippen molar-refractivity contribution in [3.63, 3.8) is 0 Å². The quantitative estimate of drug-likeness (QED) is 0.551. The molecule has 1 aromatic heterocycles. The predicted octanol–water partition coefficient (Wildman–Crippen LogP) is 4.12. The third-order valence-electron chi connectivity index (χ3n) is 5.19. The van der Waals surface area contributed by atoms with E-state index in [0.717, 1.165) is 16.0 Å². The van der Waals surface area contributed by atoms with E-state index in [-0.39, 0.29) is 10.8 Å². The Morgan fingerprint density at radius 1 is 1.10 bits per heavy atom. The third kappa shape index (κ3) is 5.15. The van der Waals surface area contributed by atoms with E-state index in [1.165, 1.54) is 13.1 Å². The minimum atomic E-state index is -3.69. The number of hydrogen-bond acceptors (Lipinski definition) is 5. The Kier molecular flexibility index (Phi) is 7.15. The van der Waals surface area contributed by atoms with E-state index < -0.39 is 10.0 Å². The van der Waals surface area contributed by atoms with Gasteiger partial charge in [0.25, 0.3) is 5.91 Å². The summed E-state index contributed by atoms with van der Waals surface area (Å²) >= 11 is 1.57. The van der Waals surface area contributed by atoms with Gasteiger partial charge in [0.1, 0.15) is 5.75 Å². The number of nitrogens with zero attached hydrogens (tertiary/aromatic N) is 1. The Bertz CT molecular complexity index is 1170. The molecule has 3 aromatic rings. The topological polar surface area (TPSA) is 75.7 Å². The molecule has 0 bridgehead atoms. The number of thiophene rings is 1. The van der Waals surface area contributed by atoms with Crippen molar-refractivity contribution in [2.45, 2.75) is 31.8 Å². The van der Waals surface area contributed by atoms with Gasteiger partial charge < -0.3 is 9.64 Å². The lowest BCUT2D eigenvalue weighted by Gasteiger charge is -2.24. The number of nitrogens with one attached hydrogen (secondary N) is 1. The van der Waals surface area contributed by atoms with Crippen LogP contribution in [0.4, 0.5) is 0 Å². The number of ether oxygens (including phenoxy) is 1. The lowest BCUT2D eigenvalue weighted by molar-refractivity contribution is 0.0730. The van der Waals surface area contributed by atoms with Crippen molar-refractivity contribution in [3.05, 3.63) is 81.0 Å². The van der Waals surface area contributed by atoms with Crippen LogP contribution < -0.4 is 9.46 Å². The molecule has 0 saturated heterocycles. The molecule has 0 aliphatic heterocycles. The molecule has 0 saturated carbocycles. The predicted molar refractivity (Wildman–Crippen MR) is 123 cm³/mol. The molecule has 8 heteroatoms. The number of aryl methyl sites for hydroxylation is 1. The molecule has 3 rings (SSSR count). The van der Waals surface area contributed by atoms with E-state index in [2.05, 4.69) is 4.72 Å². The maximum absolute atomic E-state index is 13.6. The Hall–Kier alpha value is -2.68. The number of benzene rings is 2. The van der Waals surface area contributed by atoms with Crippen LogP contribution in [0.15, 0.2) is 58.8 Å². The molecule has 2 aromatic carbocycles. The van der Waals surface area contributed by atoms with Crippen molar-refractivity contribution >= 4 is 27.3 Å². The summed E-state index contributed by atoms with van der Waals surface area (Å²) in [5.41, 5.74) is 2.58. The van der Waals surface area contributed by atoms with E-state index in [9.17, 15) is 13.2 Å². The highest BCUT2D eigenvalue weighted by Gasteiger charge is 2.23. The van der Waals surface area contributed by atoms with Gasteiger partial charge in [0.2, 0.25) is 10.0 Å². The summed E-state index contributed by atoms with van der Waals surface area (Å²) in [5.74, 6) is 0.458. The fourth-order valence-electron chi connectivity index (χ4n) is 3.35. The van der Waals surface area contributed by atoms with Crippen LogP contribution in [0.1, 0.15) is 31.9 Å². The number of methoxy groups -OCH3 is 1. The largest absolute Gasteiger partial charge is 0.496 e. The molecule has 0 unspecified atom stereocenters. The van der Waals surface area contributed by atoms with Gasteiger partial charge in [0.05, 0.1) is 25.1 Å². The standard InChI is InChI=1S/C23H26N2O4S2/c1-16-12-19(13-22(17(16)2)31(27,28)24-3)23(26)25(15-20-9-7-11-30-20)14-18-8-5-6-10-21(18)29-4/h5-13,24H,14-15H2,1-4H3. The zero-order chi connectivity index (χ0) is 22.6. The fraction of sp³-hybridized carbons (Fsp3) is 0.261. The fourth-order valence-corrected chi connectivity index (χ4v) is 5.14. The smallest absolute Gasteiger partial charge is 0.254 e. The van der Waals surface area contributed by atoms with Crippen molar-refractivity contribution < 1.29 is 17.9 Å². The maximum atomic E-state index is 13.6.